The molecular formula is C6H12O4S2. The molecule has 0 rings (SSSR count). The topological polar surface area (TPSA) is 71.4 Å². The predicted octanol–water partition coefficient (Wildman–Crippen LogP) is 0.747. The van der Waals surface area contributed by atoms with Crippen LogP contribution in [0.25, 0.3) is 0 Å². The highest BCUT2D eigenvalue weighted by Crippen LogP contribution is 2.12. The minimum Gasteiger partial charge on any atom is -0.287 e. The van der Waals surface area contributed by atoms with E-state index in [0.717, 1.165) is 0 Å². The number of hydrogen-bond donors (Lipinski definition) is 2. The van der Waals surface area contributed by atoms with E-state index < -0.39 is 10.1 Å². The third-order valence-corrected chi connectivity index (χ3v) is 2.68. The maximum absolute atomic E-state index is 10.7. The normalized spacial score (nSPS) is 14.2. The predicted molar refractivity (Wildman–Crippen MR) is 48.8 cm³/mol. The summed E-state index contributed by atoms with van der Waals surface area (Å²) in [6.07, 6.45) is 0.676. The van der Waals surface area contributed by atoms with Crippen molar-refractivity contribution in [3.8, 4) is 0 Å². The SMILES string of the molecule is CC[C@@H](CCS(=O)(=O)O)C(=O)S. The molecule has 4 nitrogen and oxygen atoms in total. The molecule has 0 radical (unpaired) electrons. The van der Waals surface area contributed by atoms with Gasteiger partial charge in [0.05, 0.1) is 5.75 Å². The number of thiol groups is 1. The van der Waals surface area contributed by atoms with Gasteiger partial charge < -0.3 is 0 Å². The van der Waals surface area contributed by atoms with Gasteiger partial charge in [0.2, 0.25) is 0 Å². The van der Waals surface area contributed by atoms with Crippen molar-refractivity contribution in [1.29, 1.82) is 0 Å². The Kier molecular flexibility index (Phi) is 4.81. The third kappa shape index (κ3) is 5.56. The van der Waals surface area contributed by atoms with Crippen molar-refractivity contribution < 1.29 is 17.8 Å². The molecule has 1 N–H and O–H groups in total. The summed E-state index contributed by atoms with van der Waals surface area (Å²) in [4.78, 5) is 10.7. The smallest absolute Gasteiger partial charge is 0.264 e. The Morgan fingerprint density at radius 1 is 1.58 bits per heavy atom. The van der Waals surface area contributed by atoms with E-state index in [2.05, 4.69) is 12.6 Å². The summed E-state index contributed by atoms with van der Waals surface area (Å²) in [5, 5.41) is -0.332. The molecule has 0 aromatic carbocycles. The first-order chi connectivity index (χ1) is 5.37. The third-order valence-electron chi connectivity index (χ3n) is 1.57. The van der Waals surface area contributed by atoms with E-state index in [1.165, 1.54) is 0 Å². The molecular weight excluding hydrogens is 200 g/mol. The summed E-state index contributed by atoms with van der Waals surface area (Å²) >= 11 is 3.59. The molecule has 0 saturated carbocycles. The van der Waals surface area contributed by atoms with E-state index in [-0.39, 0.29) is 23.2 Å². The Hall–Kier alpha value is -0.0700. The lowest BCUT2D eigenvalue weighted by atomic mass is 10.1. The molecule has 0 aromatic heterocycles. The maximum atomic E-state index is 10.7. The van der Waals surface area contributed by atoms with Gasteiger partial charge in [0.15, 0.2) is 5.12 Å². The van der Waals surface area contributed by atoms with E-state index in [1.807, 2.05) is 0 Å². The van der Waals surface area contributed by atoms with Crippen LogP contribution in [0.1, 0.15) is 19.8 Å². The molecule has 0 aromatic rings. The number of hydrogen-bond acceptors (Lipinski definition) is 3. The van der Waals surface area contributed by atoms with Gasteiger partial charge in [-0.2, -0.15) is 8.42 Å². The van der Waals surface area contributed by atoms with Crippen LogP contribution >= 0.6 is 12.6 Å². The zero-order valence-electron chi connectivity index (χ0n) is 6.73. The molecule has 0 spiro atoms. The monoisotopic (exact) mass is 212 g/mol. The first kappa shape index (κ1) is 11.9. The van der Waals surface area contributed by atoms with Crippen LogP contribution in [0.15, 0.2) is 0 Å². The van der Waals surface area contributed by atoms with Crippen LogP contribution in [-0.2, 0) is 14.9 Å². The van der Waals surface area contributed by atoms with Gasteiger partial charge >= 0.3 is 0 Å². The molecule has 6 heteroatoms. The maximum Gasteiger partial charge on any atom is 0.264 e. The van der Waals surface area contributed by atoms with Crippen molar-refractivity contribution in [2.24, 2.45) is 5.92 Å². The van der Waals surface area contributed by atoms with Crippen LogP contribution in [-0.4, -0.2) is 23.8 Å². The molecule has 1 atom stereocenters. The number of rotatable bonds is 5. The highest BCUT2D eigenvalue weighted by Gasteiger charge is 2.15. The number of carbonyl (C=O) groups excluding carboxylic acids is 1. The summed E-state index contributed by atoms with van der Waals surface area (Å²) < 4.78 is 29.0. The standard InChI is InChI=1S/C6H12O4S2/c1-2-5(6(7)11)3-4-12(8,9)10/h5H,2-4H2,1H3,(H,7,11)(H,8,9,10)/t5-/m0/s1. The van der Waals surface area contributed by atoms with Gasteiger partial charge in [0.25, 0.3) is 10.1 Å². The first-order valence-electron chi connectivity index (χ1n) is 3.54. The second-order valence-electron chi connectivity index (χ2n) is 2.52. The molecule has 0 bridgehead atoms. The van der Waals surface area contributed by atoms with Gasteiger partial charge in [-0.05, 0) is 12.8 Å². The van der Waals surface area contributed by atoms with Crippen LogP contribution in [0.2, 0.25) is 0 Å². The molecule has 0 heterocycles. The van der Waals surface area contributed by atoms with Gasteiger partial charge in [-0.15, -0.1) is 12.6 Å². The molecule has 12 heavy (non-hydrogen) atoms. The fourth-order valence-corrected chi connectivity index (χ4v) is 1.69. The van der Waals surface area contributed by atoms with Crippen LogP contribution < -0.4 is 0 Å². The van der Waals surface area contributed by atoms with Crippen molar-refractivity contribution >= 4 is 27.9 Å². The molecule has 0 aliphatic heterocycles. The van der Waals surface area contributed by atoms with Gasteiger partial charge in [-0.3, -0.25) is 9.35 Å². The van der Waals surface area contributed by atoms with Crippen molar-refractivity contribution in [3.63, 3.8) is 0 Å². The van der Waals surface area contributed by atoms with Crippen LogP contribution in [0.3, 0.4) is 0 Å². The lowest BCUT2D eigenvalue weighted by Crippen LogP contribution is -2.14. The van der Waals surface area contributed by atoms with Crippen molar-refractivity contribution in [3.05, 3.63) is 0 Å². The van der Waals surface area contributed by atoms with Gasteiger partial charge in [0.1, 0.15) is 0 Å². The second kappa shape index (κ2) is 4.84. The summed E-state index contributed by atoms with van der Waals surface area (Å²) in [7, 11) is -3.95. The van der Waals surface area contributed by atoms with Gasteiger partial charge in [-0.25, -0.2) is 0 Å². The van der Waals surface area contributed by atoms with E-state index >= 15 is 0 Å². The van der Waals surface area contributed by atoms with Crippen molar-refractivity contribution in [2.75, 3.05) is 5.75 Å². The van der Waals surface area contributed by atoms with Gasteiger partial charge in [-0.1, -0.05) is 6.92 Å². The zero-order valence-corrected chi connectivity index (χ0v) is 8.44. The summed E-state index contributed by atoms with van der Waals surface area (Å²) in [6.45, 7) is 1.77. The Labute approximate surface area is 77.5 Å². The van der Waals surface area contributed by atoms with Crippen LogP contribution in [0.5, 0.6) is 0 Å². The number of carbonyl (C=O) groups is 1. The fraction of sp³-hybridized carbons (Fsp3) is 0.833. The largest absolute Gasteiger partial charge is 0.287 e. The molecule has 72 valence electrons. The highest BCUT2D eigenvalue weighted by molar-refractivity contribution is 7.96. The summed E-state index contributed by atoms with van der Waals surface area (Å²) in [6, 6.07) is 0. The van der Waals surface area contributed by atoms with E-state index in [4.69, 9.17) is 4.55 Å². The minimum atomic E-state index is -3.95. The lowest BCUT2D eigenvalue weighted by Gasteiger charge is -2.07. The second-order valence-corrected chi connectivity index (χ2v) is 4.53. The quantitative estimate of drug-likeness (QED) is 0.521. The zero-order chi connectivity index (χ0) is 9.78. The van der Waals surface area contributed by atoms with E-state index in [1.54, 1.807) is 6.92 Å². The molecule has 0 aliphatic rings. The van der Waals surface area contributed by atoms with E-state index in [9.17, 15) is 13.2 Å². The summed E-state index contributed by atoms with van der Waals surface area (Å²) in [5.74, 6) is -0.757. The fourth-order valence-electron chi connectivity index (χ4n) is 0.793. The van der Waals surface area contributed by atoms with Crippen molar-refractivity contribution in [2.45, 2.75) is 19.8 Å². The Balaban J connectivity index is 3.98. The van der Waals surface area contributed by atoms with E-state index in [0.29, 0.717) is 6.42 Å². The molecule has 0 unspecified atom stereocenters. The first-order valence-corrected chi connectivity index (χ1v) is 5.60. The Morgan fingerprint density at radius 2 is 2.08 bits per heavy atom. The Morgan fingerprint density at radius 3 is 2.33 bits per heavy atom. The lowest BCUT2D eigenvalue weighted by molar-refractivity contribution is -0.114. The van der Waals surface area contributed by atoms with Crippen LogP contribution in [0.4, 0.5) is 0 Å². The van der Waals surface area contributed by atoms with Crippen molar-refractivity contribution in [1.82, 2.24) is 0 Å². The summed E-state index contributed by atoms with van der Waals surface area (Å²) in [5.41, 5.74) is 0. The molecule has 0 saturated heterocycles. The highest BCUT2D eigenvalue weighted by atomic mass is 32.2. The molecule has 0 fully saturated rings. The van der Waals surface area contributed by atoms with Gasteiger partial charge in [0, 0.05) is 5.92 Å². The Bertz CT molecular complexity index is 244. The molecule has 0 amide bonds. The average Bonchev–Trinajstić information content (AvgIpc) is 1.85. The minimum absolute atomic E-state index is 0.137. The van der Waals surface area contributed by atoms with Crippen LogP contribution in [0, 0.1) is 5.92 Å². The molecule has 0 aliphatic carbocycles. The average molecular weight is 212 g/mol.